The van der Waals surface area contributed by atoms with Crippen LogP contribution in [-0.2, 0) is 4.74 Å². The Morgan fingerprint density at radius 2 is 2.17 bits per heavy atom. The summed E-state index contributed by atoms with van der Waals surface area (Å²) in [6.45, 7) is 0. The van der Waals surface area contributed by atoms with Crippen LogP contribution in [0, 0.1) is 5.92 Å². The molecule has 1 N–H and O–H groups in total. The molecule has 0 heterocycles. The maximum Gasteiger partial charge on any atom is 0.0936 e. The van der Waals surface area contributed by atoms with Crippen molar-refractivity contribution in [2.24, 2.45) is 5.92 Å². The predicted octanol–water partition coefficient (Wildman–Crippen LogP) is 1.72. The first-order valence-electron chi connectivity index (χ1n) is 5.00. The maximum absolute atomic E-state index is 9.90. The molecule has 2 fully saturated rings. The van der Waals surface area contributed by atoms with Crippen molar-refractivity contribution in [2.75, 3.05) is 7.11 Å². The number of rotatable bonds is 4. The van der Waals surface area contributed by atoms with E-state index < -0.39 is 0 Å². The smallest absolute Gasteiger partial charge is 0.0936 e. The van der Waals surface area contributed by atoms with E-state index in [9.17, 15) is 5.11 Å². The van der Waals surface area contributed by atoms with Crippen LogP contribution in [0.2, 0.25) is 0 Å². The summed E-state index contributed by atoms with van der Waals surface area (Å²) in [5.74, 6) is 0.799. The summed E-state index contributed by atoms with van der Waals surface area (Å²) in [5, 5.41) is 9.90. The van der Waals surface area contributed by atoms with Crippen molar-refractivity contribution in [3.63, 3.8) is 0 Å². The van der Waals surface area contributed by atoms with Gasteiger partial charge in [0.05, 0.1) is 11.7 Å². The van der Waals surface area contributed by atoms with Gasteiger partial charge in [0.1, 0.15) is 0 Å². The quantitative estimate of drug-likeness (QED) is 0.696. The summed E-state index contributed by atoms with van der Waals surface area (Å²) >= 11 is 0. The molecule has 0 radical (unpaired) electrons. The number of methoxy groups -OCH3 is 1. The Morgan fingerprint density at radius 1 is 1.50 bits per heavy atom. The fourth-order valence-electron chi connectivity index (χ4n) is 2.08. The molecule has 2 aliphatic rings. The molecular weight excluding hydrogens is 152 g/mol. The van der Waals surface area contributed by atoms with Crippen LogP contribution >= 0.6 is 0 Å². The maximum atomic E-state index is 9.90. The van der Waals surface area contributed by atoms with Crippen LogP contribution in [0.15, 0.2) is 0 Å². The first-order chi connectivity index (χ1) is 5.77. The van der Waals surface area contributed by atoms with Crippen molar-refractivity contribution < 1.29 is 9.84 Å². The van der Waals surface area contributed by atoms with Gasteiger partial charge in [0, 0.05) is 7.11 Å². The lowest BCUT2D eigenvalue weighted by atomic mass is 9.74. The number of hydrogen-bond acceptors (Lipinski definition) is 2. The van der Waals surface area contributed by atoms with Gasteiger partial charge in [0.15, 0.2) is 0 Å². The zero-order chi connectivity index (χ0) is 8.60. The third-order valence-electron chi connectivity index (χ3n) is 3.47. The van der Waals surface area contributed by atoms with E-state index in [1.807, 2.05) is 0 Å². The SMILES string of the molecule is COC1(C(O)CC2CC2)CCC1. The normalized spacial score (nSPS) is 29.5. The van der Waals surface area contributed by atoms with Crippen LogP contribution in [-0.4, -0.2) is 23.9 Å². The molecule has 12 heavy (non-hydrogen) atoms. The average molecular weight is 170 g/mol. The van der Waals surface area contributed by atoms with Crippen LogP contribution < -0.4 is 0 Å². The zero-order valence-electron chi connectivity index (χ0n) is 7.75. The highest BCUT2D eigenvalue weighted by atomic mass is 16.5. The van der Waals surface area contributed by atoms with Gasteiger partial charge in [-0.05, 0) is 31.6 Å². The van der Waals surface area contributed by atoms with Gasteiger partial charge < -0.3 is 9.84 Å². The monoisotopic (exact) mass is 170 g/mol. The van der Waals surface area contributed by atoms with Crippen molar-refractivity contribution in [1.29, 1.82) is 0 Å². The summed E-state index contributed by atoms with van der Waals surface area (Å²) in [7, 11) is 1.73. The average Bonchev–Trinajstić information content (AvgIpc) is 2.70. The van der Waals surface area contributed by atoms with E-state index in [0.717, 1.165) is 25.2 Å². The summed E-state index contributed by atoms with van der Waals surface area (Å²) < 4.78 is 5.41. The highest BCUT2D eigenvalue weighted by Crippen LogP contribution is 2.43. The molecule has 0 aromatic rings. The minimum absolute atomic E-state index is 0.150. The van der Waals surface area contributed by atoms with Crippen LogP contribution in [0.1, 0.15) is 38.5 Å². The van der Waals surface area contributed by atoms with Crippen LogP contribution in [0.5, 0.6) is 0 Å². The van der Waals surface area contributed by atoms with Crippen LogP contribution in [0.4, 0.5) is 0 Å². The molecule has 2 nitrogen and oxygen atoms in total. The van der Waals surface area contributed by atoms with E-state index in [-0.39, 0.29) is 11.7 Å². The van der Waals surface area contributed by atoms with E-state index in [2.05, 4.69) is 0 Å². The van der Waals surface area contributed by atoms with Crippen molar-refractivity contribution in [2.45, 2.75) is 50.2 Å². The Balaban J connectivity index is 1.86. The molecule has 1 unspecified atom stereocenters. The molecule has 0 saturated heterocycles. The predicted molar refractivity (Wildman–Crippen MR) is 46.9 cm³/mol. The van der Waals surface area contributed by atoms with Crippen molar-refractivity contribution in [1.82, 2.24) is 0 Å². The fraction of sp³-hybridized carbons (Fsp3) is 1.00. The van der Waals surface area contributed by atoms with E-state index in [1.165, 1.54) is 19.3 Å². The second kappa shape index (κ2) is 3.00. The molecule has 0 spiro atoms. The standard InChI is InChI=1S/C10H18O2/c1-12-10(5-2-6-10)9(11)7-8-3-4-8/h8-9,11H,2-7H2,1H3. The molecule has 0 aromatic heterocycles. The van der Waals surface area contributed by atoms with Gasteiger partial charge >= 0.3 is 0 Å². The molecule has 2 heteroatoms. The van der Waals surface area contributed by atoms with Crippen molar-refractivity contribution in [3.8, 4) is 0 Å². The third kappa shape index (κ3) is 1.38. The third-order valence-corrected chi connectivity index (χ3v) is 3.47. The van der Waals surface area contributed by atoms with E-state index in [4.69, 9.17) is 4.74 Å². The Kier molecular flexibility index (Phi) is 2.13. The first-order valence-corrected chi connectivity index (χ1v) is 5.00. The summed E-state index contributed by atoms with van der Waals surface area (Å²) in [4.78, 5) is 0. The zero-order valence-corrected chi connectivity index (χ0v) is 7.75. The molecule has 0 aliphatic heterocycles. The summed E-state index contributed by atoms with van der Waals surface area (Å²) in [5.41, 5.74) is -0.150. The molecule has 2 saturated carbocycles. The van der Waals surface area contributed by atoms with Crippen molar-refractivity contribution in [3.05, 3.63) is 0 Å². The number of ether oxygens (including phenoxy) is 1. The lowest BCUT2D eigenvalue weighted by Crippen LogP contribution is -2.50. The Bertz CT molecular complexity index is 154. The lowest BCUT2D eigenvalue weighted by molar-refractivity contribution is -0.152. The Labute approximate surface area is 73.9 Å². The van der Waals surface area contributed by atoms with Gasteiger partial charge in [-0.15, -0.1) is 0 Å². The summed E-state index contributed by atoms with van der Waals surface area (Å²) in [6.07, 6.45) is 6.72. The number of aliphatic hydroxyl groups excluding tert-OH is 1. The van der Waals surface area contributed by atoms with Gasteiger partial charge in [-0.25, -0.2) is 0 Å². The molecule has 2 rings (SSSR count). The molecule has 0 amide bonds. The molecule has 2 aliphatic carbocycles. The highest BCUT2D eigenvalue weighted by Gasteiger charge is 2.45. The Hall–Kier alpha value is -0.0800. The van der Waals surface area contributed by atoms with E-state index in [1.54, 1.807) is 7.11 Å². The van der Waals surface area contributed by atoms with Crippen LogP contribution in [0.3, 0.4) is 0 Å². The number of aliphatic hydroxyl groups is 1. The second-order valence-electron chi connectivity index (χ2n) is 4.32. The van der Waals surface area contributed by atoms with Gasteiger partial charge in [-0.2, -0.15) is 0 Å². The first kappa shape index (κ1) is 8.52. The van der Waals surface area contributed by atoms with E-state index >= 15 is 0 Å². The molecule has 70 valence electrons. The lowest BCUT2D eigenvalue weighted by Gasteiger charge is -2.44. The topological polar surface area (TPSA) is 29.5 Å². The highest BCUT2D eigenvalue weighted by molar-refractivity contribution is 4.97. The van der Waals surface area contributed by atoms with Gasteiger partial charge in [0.25, 0.3) is 0 Å². The van der Waals surface area contributed by atoms with Gasteiger partial charge in [-0.1, -0.05) is 12.8 Å². The van der Waals surface area contributed by atoms with Gasteiger partial charge in [-0.3, -0.25) is 0 Å². The molecule has 0 bridgehead atoms. The summed E-state index contributed by atoms with van der Waals surface area (Å²) in [6, 6.07) is 0. The van der Waals surface area contributed by atoms with E-state index in [0.29, 0.717) is 0 Å². The Morgan fingerprint density at radius 3 is 2.50 bits per heavy atom. The van der Waals surface area contributed by atoms with Gasteiger partial charge in [0.2, 0.25) is 0 Å². The molecule has 0 aromatic carbocycles. The fourth-order valence-corrected chi connectivity index (χ4v) is 2.08. The number of hydrogen-bond donors (Lipinski definition) is 1. The minimum Gasteiger partial charge on any atom is -0.390 e. The molecular formula is C10H18O2. The minimum atomic E-state index is -0.205. The largest absolute Gasteiger partial charge is 0.390 e. The molecule has 1 atom stereocenters. The second-order valence-corrected chi connectivity index (χ2v) is 4.32. The van der Waals surface area contributed by atoms with Crippen molar-refractivity contribution >= 4 is 0 Å². The van der Waals surface area contributed by atoms with Crippen LogP contribution in [0.25, 0.3) is 0 Å².